The summed E-state index contributed by atoms with van der Waals surface area (Å²) < 4.78 is 27.1. The third kappa shape index (κ3) is 6.73. The smallest absolute Gasteiger partial charge is 0.269 e. The molecule has 1 aromatic carbocycles. The maximum Gasteiger partial charge on any atom is 0.269 e. The Labute approximate surface area is 164 Å². The summed E-state index contributed by atoms with van der Waals surface area (Å²) in [6, 6.07) is 5.22. The van der Waals surface area contributed by atoms with Crippen LogP contribution in [0.3, 0.4) is 0 Å². The predicted molar refractivity (Wildman–Crippen MR) is 104 cm³/mol. The molecule has 1 unspecified atom stereocenters. The number of sulfonamides is 1. The molecule has 2 rings (SSSR count). The van der Waals surface area contributed by atoms with E-state index in [1.807, 2.05) is 0 Å². The molecule has 0 radical (unpaired) electrons. The van der Waals surface area contributed by atoms with Crippen molar-refractivity contribution < 1.29 is 18.1 Å². The van der Waals surface area contributed by atoms with Crippen LogP contribution in [0.15, 0.2) is 24.3 Å². The van der Waals surface area contributed by atoms with Gasteiger partial charge in [0.2, 0.25) is 15.9 Å². The number of nitrogens with two attached hydrogens (primary N) is 1. The van der Waals surface area contributed by atoms with E-state index in [0.717, 1.165) is 12.8 Å². The van der Waals surface area contributed by atoms with Gasteiger partial charge in [0, 0.05) is 44.2 Å². The number of piperidine rings is 1. The van der Waals surface area contributed by atoms with Gasteiger partial charge >= 0.3 is 0 Å². The number of amides is 1. The van der Waals surface area contributed by atoms with Crippen LogP contribution in [0.5, 0.6) is 0 Å². The number of carbonyl (C=O) groups excluding carboxylic acids is 1. The lowest BCUT2D eigenvalue weighted by molar-refractivity contribution is -0.384. The highest BCUT2D eigenvalue weighted by atomic mass is 35.5. The minimum atomic E-state index is -3.59. The summed E-state index contributed by atoms with van der Waals surface area (Å²) in [5.74, 6) is -0.413. The Morgan fingerprint density at radius 2 is 1.96 bits per heavy atom. The monoisotopic (exact) mass is 420 g/mol. The minimum absolute atomic E-state index is 0. The summed E-state index contributed by atoms with van der Waals surface area (Å²) in [6.45, 7) is 0.920. The third-order valence-electron chi connectivity index (χ3n) is 4.33. The Kier molecular flexibility index (Phi) is 9.10. The van der Waals surface area contributed by atoms with Gasteiger partial charge in [0.1, 0.15) is 0 Å². The van der Waals surface area contributed by atoms with Crippen LogP contribution in [0.1, 0.15) is 31.2 Å². The molecule has 1 amide bonds. The van der Waals surface area contributed by atoms with Crippen LogP contribution in [0.2, 0.25) is 0 Å². The Hall–Kier alpha value is -1.75. The van der Waals surface area contributed by atoms with Crippen LogP contribution >= 0.6 is 12.4 Å². The van der Waals surface area contributed by atoms with Crippen molar-refractivity contribution >= 4 is 34.0 Å². The SMILES string of the molecule is Cl.NCCC(=O)NCC1CCCCN1S(=O)(=O)Cc1ccc([N+](=O)[O-])cc1. The van der Waals surface area contributed by atoms with Crippen molar-refractivity contribution in [2.24, 2.45) is 5.73 Å². The zero-order valence-electron chi connectivity index (χ0n) is 14.9. The van der Waals surface area contributed by atoms with Gasteiger partial charge in [-0.05, 0) is 18.4 Å². The van der Waals surface area contributed by atoms with Crippen molar-refractivity contribution in [3.63, 3.8) is 0 Å². The molecule has 1 aliphatic rings. The number of nitro benzene ring substituents is 1. The summed E-state index contributed by atoms with van der Waals surface area (Å²) in [4.78, 5) is 21.8. The van der Waals surface area contributed by atoms with E-state index >= 15 is 0 Å². The molecule has 152 valence electrons. The van der Waals surface area contributed by atoms with Crippen LogP contribution in [0.25, 0.3) is 0 Å². The van der Waals surface area contributed by atoms with Crippen LogP contribution in [-0.4, -0.2) is 49.2 Å². The second-order valence-electron chi connectivity index (χ2n) is 6.28. The summed E-state index contributed by atoms with van der Waals surface area (Å²) in [5.41, 5.74) is 5.75. The van der Waals surface area contributed by atoms with E-state index in [0.29, 0.717) is 18.5 Å². The number of rotatable bonds is 8. The molecule has 1 saturated heterocycles. The van der Waals surface area contributed by atoms with E-state index in [1.54, 1.807) is 0 Å². The van der Waals surface area contributed by atoms with Crippen LogP contribution in [0, 0.1) is 10.1 Å². The Morgan fingerprint density at radius 1 is 1.30 bits per heavy atom. The quantitative estimate of drug-likeness (QED) is 0.478. The lowest BCUT2D eigenvalue weighted by Crippen LogP contribution is -2.49. The second-order valence-corrected chi connectivity index (χ2v) is 8.20. The lowest BCUT2D eigenvalue weighted by atomic mass is 10.1. The van der Waals surface area contributed by atoms with Gasteiger partial charge in [-0.2, -0.15) is 4.31 Å². The van der Waals surface area contributed by atoms with Gasteiger partial charge in [-0.25, -0.2) is 8.42 Å². The third-order valence-corrected chi connectivity index (χ3v) is 6.23. The molecule has 11 heteroatoms. The van der Waals surface area contributed by atoms with Crippen molar-refractivity contribution in [3.05, 3.63) is 39.9 Å². The van der Waals surface area contributed by atoms with Crippen LogP contribution in [0.4, 0.5) is 5.69 Å². The maximum atomic E-state index is 12.8. The van der Waals surface area contributed by atoms with E-state index in [9.17, 15) is 23.3 Å². The Balaban J connectivity index is 0.00000364. The molecule has 9 nitrogen and oxygen atoms in total. The molecule has 0 spiro atoms. The molecule has 1 heterocycles. The Morgan fingerprint density at radius 3 is 2.56 bits per heavy atom. The normalized spacial score (nSPS) is 17.7. The first-order chi connectivity index (χ1) is 12.3. The fraction of sp³-hybridized carbons (Fsp3) is 0.562. The highest BCUT2D eigenvalue weighted by Gasteiger charge is 2.32. The minimum Gasteiger partial charge on any atom is -0.354 e. The molecule has 27 heavy (non-hydrogen) atoms. The number of halogens is 1. The Bertz CT molecular complexity index is 742. The highest BCUT2D eigenvalue weighted by Crippen LogP contribution is 2.23. The molecule has 1 fully saturated rings. The van der Waals surface area contributed by atoms with Crippen molar-refractivity contribution in [2.45, 2.75) is 37.5 Å². The number of hydrogen-bond acceptors (Lipinski definition) is 6. The van der Waals surface area contributed by atoms with E-state index in [4.69, 9.17) is 5.73 Å². The summed E-state index contributed by atoms with van der Waals surface area (Å²) in [7, 11) is -3.59. The fourth-order valence-corrected chi connectivity index (χ4v) is 4.82. The number of benzene rings is 1. The van der Waals surface area contributed by atoms with Crippen LogP contribution in [-0.2, 0) is 20.6 Å². The number of nitrogens with zero attached hydrogens (tertiary/aromatic N) is 2. The fourth-order valence-electron chi connectivity index (χ4n) is 3.00. The average molecular weight is 421 g/mol. The van der Waals surface area contributed by atoms with Crippen molar-refractivity contribution in [1.29, 1.82) is 0 Å². The van der Waals surface area contributed by atoms with Crippen molar-refractivity contribution in [2.75, 3.05) is 19.6 Å². The number of non-ortho nitro benzene ring substituents is 1. The molecule has 0 bridgehead atoms. The number of nitro groups is 1. The zero-order chi connectivity index (χ0) is 19.2. The molecule has 0 aliphatic carbocycles. The second kappa shape index (κ2) is 10.5. The van der Waals surface area contributed by atoms with Gasteiger partial charge in [-0.3, -0.25) is 14.9 Å². The molecule has 0 saturated carbocycles. The van der Waals surface area contributed by atoms with Crippen molar-refractivity contribution in [3.8, 4) is 0 Å². The molecular weight excluding hydrogens is 396 g/mol. The van der Waals surface area contributed by atoms with E-state index < -0.39 is 14.9 Å². The first-order valence-corrected chi connectivity index (χ1v) is 10.1. The molecular formula is C16H25ClN4O5S. The number of nitrogens with one attached hydrogen (secondary N) is 1. The maximum absolute atomic E-state index is 12.8. The van der Waals surface area contributed by atoms with Gasteiger partial charge in [0.25, 0.3) is 5.69 Å². The van der Waals surface area contributed by atoms with Gasteiger partial charge in [-0.1, -0.05) is 18.6 Å². The number of carbonyl (C=O) groups is 1. The summed E-state index contributed by atoms with van der Waals surface area (Å²) in [6.07, 6.45) is 2.57. The predicted octanol–water partition coefficient (Wildman–Crippen LogP) is 1.17. The zero-order valence-corrected chi connectivity index (χ0v) is 16.5. The molecule has 0 aromatic heterocycles. The standard InChI is InChI=1S/C16H24N4O5S.ClH/c17-9-8-16(21)18-11-15-3-1-2-10-19(15)26(24,25)12-13-4-6-14(7-5-13)20(22)23;/h4-7,15H,1-3,8-12,17H2,(H,18,21);1H. The summed E-state index contributed by atoms with van der Waals surface area (Å²) in [5, 5.41) is 13.4. The molecule has 1 aliphatic heterocycles. The highest BCUT2D eigenvalue weighted by molar-refractivity contribution is 7.88. The van der Waals surface area contributed by atoms with Gasteiger partial charge < -0.3 is 11.1 Å². The molecule has 1 atom stereocenters. The van der Waals surface area contributed by atoms with E-state index in [2.05, 4.69) is 5.32 Å². The molecule has 3 N–H and O–H groups in total. The summed E-state index contributed by atoms with van der Waals surface area (Å²) >= 11 is 0. The number of hydrogen-bond donors (Lipinski definition) is 2. The van der Waals surface area contributed by atoms with Gasteiger partial charge in [0.15, 0.2) is 0 Å². The average Bonchev–Trinajstić information content (AvgIpc) is 2.60. The van der Waals surface area contributed by atoms with Gasteiger partial charge in [0.05, 0.1) is 10.7 Å². The van der Waals surface area contributed by atoms with E-state index in [1.165, 1.54) is 28.6 Å². The first kappa shape index (κ1) is 23.3. The van der Waals surface area contributed by atoms with Crippen LogP contribution < -0.4 is 11.1 Å². The topological polar surface area (TPSA) is 136 Å². The first-order valence-electron chi connectivity index (χ1n) is 8.53. The van der Waals surface area contributed by atoms with E-state index in [-0.39, 0.29) is 55.3 Å². The largest absolute Gasteiger partial charge is 0.354 e. The van der Waals surface area contributed by atoms with Gasteiger partial charge in [-0.15, -0.1) is 12.4 Å². The van der Waals surface area contributed by atoms with Crippen molar-refractivity contribution in [1.82, 2.24) is 9.62 Å². The lowest BCUT2D eigenvalue weighted by Gasteiger charge is -2.34. The molecule has 1 aromatic rings.